The first kappa shape index (κ1) is 13.1. The minimum absolute atomic E-state index is 0.144. The van der Waals surface area contributed by atoms with Crippen molar-refractivity contribution in [2.45, 2.75) is 13.0 Å². The Hall–Kier alpha value is -0.990. The lowest BCUT2D eigenvalue weighted by Crippen LogP contribution is -2.30. The Kier molecular flexibility index (Phi) is 5.36. The predicted molar refractivity (Wildman–Crippen MR) is 60.4 cm³/mol. The van der Waals surface area contributed by atoms with Gasteiger partial charge in [-0.3, -0.25) is 4.68 Å². The summed E-state index contributed by atoms with van der Waals surface area (Å²) in [6.45, 7) is 1.53. The maximum absolute atomic E-state index is 11.4. The maximum Gasteiger partial charge on any atom is 0.211 e. The zero-order valence-electron chi connectivity index (χ0n) is 9.26. The first-order valence-electron chi connectivity index (χ1n) is 5.10. The van der Waals surface area contributed by atoms with Gasteiger partial charge in [0.25, 0.3) is 0 Å². The Bertz CT molecular complexity index is 375. The number of hydrogen-bond acceptors (Lipinski definition) is 5. The largest absolute Gasteiger partial charge is 0.320 e. The Morgan fingerprint density at radius 1 is 1.38 bits per heavy atom. The third-order valence-electron chi connectivity index (χ3n) is 1.97. The van der Waals surface area contributed by atoms with Gasteiger partial charge in [0.2, 0.25) is 10.0 Å². The molecule has 0 amide bonds. The van der Waals surface area contributed by atoms with Crippen LogP contribution in [-0.2, 0) is 16.6 Å². The lowest BCUT2D eigenvalue weighted by molar-refractivity contribution is 0.550. The summed E-state index contributed by atoms with van der Waals surface area (Å²) in [6, 6.07) is 0. The molecule has 0 radical (unpaired) electrons. The summed E-state index contributed by atoms with van der Waals surface area (Å²) in [5.41, 5.74) is 0. The van der Waals surface area contributed by atoms with Crippen LogP contribution in [0.1, 0.15) is 6.42 Å². The van der Waals surface area contributed by atoms with E-state index in [0.29, 0.717) is 26.1 Å². The second-order valence-electron chi connectivity index (χ2n) is 3.34. The minimum atomic E-state index is -3.16. The van der Waals surface area contributed by atoms with Crippen molar-refractivity contribution in [3.8, 4) is 0 Å². The Morgan fingerprint density at radius 2 is 2.19 bits per heavy atom. The number of sulfonamides is 1. The van der Waals surface area contributed by atoms with Crippen LogP contribution in [0.15, 0.2) is 12.4 Å². The number of rotatable bonds is 8. The zero-order valence-corrected chi connectivity index (χ0v) is 10.1. The van der Waals surface area contributed by atoms with Crippen LogP contribution in [0.4, 0.5) is 0 Å². The molecule has 1 heterocycles. The lowest BCUT2D eigenvalue weighted by Gasteiger charge is -2.06. The maximum atomic E-state index is 11.4. The van der Waals surface area contributed by atoms with Gasteiger partial charge in [0.15, 0.2) is 0 Å². The summed E-state index contributed by atoms with van der Waals surface area (Å²) in [5.74, 6) is 0.144. The second-order valence-corrected chi connectivity index (χ2v) is 5.26. The topological polar surface area (TPSA) is 88.9 Å². The molecule has 0 saturated carbocycles. The molecule has 0 aliphatic heterocycles. The molecule has 16 heavy (non-hydrogen) atoms. The van der Waals surface area contributed by atoms with E-state index in [1.165, 1.54) is 0 Å². The normalized spacial score (nSPS) is 11.8. The van der Waals surface area contributed by atoms with Crippen molar-refractivity contribution in [3.63, 3.8) is 0 Å². The van der Waals surface area contributed by atoms with Crippen molar-refractivity contribution < 1.29 is 8.42 Å². The smallest absolute Gasteiger partial charge is 0.211 e. The van der Waals surface area contributed by atoms with Crippen molar-refractivity contribution in [2.75, 3.05) is 25.9 Å². The van der Waals surface area contributed by atoms with Gasteiger partial charge in [-0.15, -0.1) is 5.10 Å². The summed E-state index contributed by atoms with van der Waals surface area (Å²) < 4.78 is 27.0. The minimum Gasteiger partial charge on any atom is -0.320 e. The molecule has 0 saturated heterocycles. The van der Waals surface area contributed by atoms with Crippen molar-refractivity contribution >= 4 is 10.0 Å². The third-order valence-corrected chi connectivity index (χ3v) is 3.44. The molecular formula is C8H17N5O2S. The van der Waals surface area contributed by atoms with Gasteiger partial charge in [-0.05, 0) is 20.0 Å². The average Bonchev–Trinajstić information content (AvgIpc) is 2.70. The van der Waals surface area contributed by atoms with E-state index in [1.807, 2.05) is 0 Å². The van der Waals surface area contributed by atoms with Crippen LogP contribution in [0.5, 0.6) is 0 Å². The van der Waals surface area contributed by atoms with Crippen LogP contribution in [0.3, 0.4) is 0 Å². The van der Waals surface area contributed by atoms with E-state index in [4.69, 9.17) is 0 Å². The van der Waals surface area contributed by atoms with Crippen molar-refractivity contribution in [2.24, 2.45) is 0 Å². The van der Waals surface area contributed by atoms with E-state index in [0.717, 1.165) is 0 Å². The number of nitrogens with zero attached hydrogens (tertiary/aromatic N) is 3. The monoisotopic (exact) mass is 247 g/mol. The molecule has 1 rings (SSSR count). The number of aromatic nitrogens is 3. The van der Waals surface area contributed by atoms with Gasteiger partial charge in [0, 0.05) is 12.7 Å². The molecule has 1 aromatic rings. The summed E-state index contributed by atoms with van der Waals surface area (Å²) in [4.78, 5) is 0. The fourth-order valence-electron chi connectivity index (χ4n) is 1.18. The number of hydrogen-bond donors (Lipinski definition) is 2. The molecule has 0 aliphatic rings. The molecule has 0 unspecified atom stereocenters. The van der Waals surface area contributed by atoms with Crippen molar-refractivity contribution in [1.82, 2.24) is 25.0 Å². The Balaban J connectivity index is 2.20. The molecule has 1 aromatic heterocycles. The zero-order chi connectivity index (χ0) is 11.9. The van der Waals surface area contributed by atoms with Gasteiger partial charge in [-0.25, -0.2) is 13.1 Å². The standard InChI is InChI=1S/C8H17N5O2S/c1-9-3-2-8-16(14,15)11-5-7-13-6-4-10-12-13/h4,6,9,11H,2-3,5,7-8H2,1H3. The third kappa shape index (κ3) is 5.19. The van der Waals surface area contributed by atoms with Gasteiger partial charge in [-0.2, -0.15) is 0 Å². The molecule has 92 valence electrons. The second kappa shape index (κ2) is 6.56. The van der Waals surface area contributed by atoms with Gasteiger partial charge < -0.3 is 5.32 Å². The van der Waals surface area contributed by atoms with Gasteiger partial charge in [0.05, 0.1) is 18.5 Å². The van der Waals surface area contributed by atoms with Crippen LogP contribution in [0.25, 0.3) is 0 Å². The Morgan fingerprint density at radius 3 is 2.81 bits per heavy atom. The molecule has 7 nitrogen and oxygen atoms in total. The van der Waals surface area contributed by atoms with Crippen LogP contribution < -0.4 is 10.0 Å². The van der Waals surface area contributed by atoms with Crippen LogP contribution in [0, 0.1) is 0 Å². The summed E-state index contributed by atoms with van der Waals surface area (Å²) in [5, 5.41) is 10.3. The highest BCUT2D eigenvalue weighted by Crippen LogP contribution is 1.89. The van der Waals surface area contributed by atoms with Crippen LogP contribution >= 0.6 is 0 Å². The molecule has 0 aromatic carbocycles. The highest BCUT2D eigenvalue weighted by molar-refractivity contribution is 7.89. The number of nitrogens with one attached hydrogen (secondary N) is 2. The summed E-state index contributed by atoms with van der Waals surface area (Å²) in [7, 11) is -1.36. The molecule has 2 N–H and O–H groups in total. The molecular weight excluding hydrogens is 230 g/mol. The summed E-state index contributed by atoms with van der Waals surface area (Å²) in [6.07, 6.45) is 3.85. The van der Waals surface area contributed by atoms with E-state index in [2.05, 4.69) is 20.4 Å². The van der Waals surface area contributed by atoms with Gasteiger partial charge >= 0.3 is 0 Å². The fourth-order valence-corrected chi connectivity index (χ4v) is 2.25. The van der Waals surface area contributed by atoms with E-state index < -0.39 is 10.0 Å². The molecule has 8 heteroatoms. The average molecular weight is 247 g/mol. The van der Waals surface area contributed by atoms with Gasteiger partial charge in [-0.1, -0.05) is 5.21 Å². The van der Waals surface area contributed by atoms with E-state index in [1.54, 1.807) is 24.1 Å². The molecule has 0 fully saturated rings. The van der Waals surface area contributed by atoms with Crippen molar-refractivity contribution in [3.05, 3.63) is 12.4 Å². The van der Waals surface area contributed by atoms with Crippen LogP contribution in [0.2, 0.25) is 0 Å². The SMILES string of the molecule is CNCCCS(=O)(=O)NCCn1ccnn1. The quantitative estimate of drug-likeness (QED) is 0.564. The molecule has 0 spiro atoms. The van der Waals surface area contributed by atoms with Crippen LogP contribution in [-0.4, -0.2) is 49.3 Å². The highest BCUT2D eigenvalue weighted by atomic mass is 32.2. The molecule has 0 atom stereocenters. The molecule has 0 bridgehead atoms. The first-order chi connectivity index (χ1) is 7.64. The molecule has 0 aliphatic carbocycles. The van der Waals surface area contributed by atoms with Crippen molar-refractivity contribution in [1.29, 1.82) is 0 Å². The Labute approximate surface area is 95.3 Å². The predicted octanol–water partition coefficient (Wildman–Crippen LogP) is -1.19. The lowest BCUT2D eigenvalue weighted by atomic mass is 10.5. The van der Waals surface area contributed by atoms with E-state index >= 15 is 0 Å². The van der Waals surface area contributed by atoms with E-state index in [-0.39, 0.29) is 5.75 Å². The van der Waals surface area contributed by atoms with E-state index in [9.17, 15) is 8.42 Å². The highest BCUT2D eigenvalue weighted by Gasteiger charge is 2.08. The van der Waals surface area contributed by atoms with Gasteiger partial charge in [0.1, 0.15) is 0 Å². The fraction of sp³-hybridized carbons (Fsp3) is 0.750. The summed E-state index contributed by atoms with van der Waals surface area (Å²) >= 11 is 0. The first-order valence-corrected chi connectivity index (χ1v) is 6.75.